The van der Waals surface area contributed by atoms with E-state index in [4.69, 9.17) is 10.8 Å². The van der Waals surface area contributed by atoms with Crippen molar-refractivity contribution in [3.05, 3.63) is 42.0 Å². The monoisotopic (exact) mass is 245 g/mol. The second-order valence-corrected chi connectivity index (χ2v) is 4.09. The van der Waals surface area contributed by atoms with E-state index in [0.717, 1.165) is 11.1 Å². The normalized spacial score (nSPS) is 10.5. The van der Waals surface area contributed by atoms with Crippen LogP contribution in [-0.4, -0.2) is 21.9 Å². The molecule has 0 aliphatic carbocycles. The van der Waals surface area contributed by atoms with Gasteiger partial charge in [0.2, 0.25) is 0 Å². The van der Waals surface area contributed by atoms with Gasteiger partial charge in [-0.15, -0.1) is 0 Å². The molecule has 5 N–H and O–H groups in total. The predicted molar refractivity (Wildman–Crippen MR) is 70.4 cm³/mol. The minimum atomic E-state index is -0.0167. The number of hydrogen-bond donors (Lipinski definition) is 4. The Balaban J connectivity index is 2.53. The lowest BCUT2D eigenvalue weighted by atomic mass is 9.98. The molecule has 0 aromatic heterocycles. The van der Waals surface area contributed by atoms with E-state index in [1.165, 1.54) is 18.2 Å². The van der Waals surface area contributed by atoms with Gasteiger partial charge < -0.3 is 21.1 Å². The average Bonchev–Trinajstić information content (AvgIpc) is 2.31. The summed E-state index contributed by atoms with van der Waals surface area (Å²) in [7, 11) is 0. The van der Waals surface area contributed by atoms with Gasteiger partial charge >= 0.3 is 0 Å². The summed E-state index contributed by atoms with van der Waals surface area (Å²) in [5, 5.41) is 27.9. The van der Waals surface area contributed by atoms with Crippen molar-refractivity contribution in [2.24, 2.45) is 0 Å². The van der Waals surface area contributed by atoms with Crippen LogP contribution < -0.4 is 5.73 Å². The number of para-hydroxylation sites is 1. The lowest BCUT2D eigenvalue weighted by molar-refractivity contribution is 0.300. The Kier molecular flexibility index (Phi) is 3.39. The molecular weight excluding hydrogens is 230 g/mol. The van der Waals surface area contributed by atoms with E-state index < -0.39 is 0 Å². The maximum atomic E-state index is 9.48. The molecule has 18 heavy (non-hydrogen) atoms. The third-order valence-electron chi connectivity index (χ3n) is 2.79. The summed E-state index contributed by atoms with van der Waals surface area (Å²) in [6.45, 7) is 0.0267. The minimum Gasteiger partial charge on any atom is -0.508 e. The predicted octanol–water partition coefficient (Wildman–Crippen LogP) is 1.88. The number of phenols is 2. The van der Waals surface area contributed by atoms with Gasteiger partial charge in [0.1, 0.15) is 11.5 Å². The number of benzene rings is 2. The summed E-state index contributed by atoms with van der Waals surface area (Å²) in [6.07, 6.45) is 0.477. The molecule has 2 aromatic rings. The van der Waals surface area contributed by atoms with Crippen molar-refractivity contribution in [1.82, 2.24) is 0 Å². The fourth-order valence-corrected chi connectivity index (χ4v) is 1.95. The van der Waals surface area contributed by atoms with Crippen LogP contribution in [0.3, 0.4) is 0 Å². The fraction of sp³-hybridized carbons (Fsp3) is 0.143. The van der Waals surface area contributed by atoms with Gasteiger partial charge in [0.05, 0.1) is 0 Å². The van der Waals surface area contributed by atoms with Gasteiger partial charge in [0.25, 0.3) is 0 Å². The molecule has 0 radical (unpaired) electrons. The molecule has 0 spiro atoms. The Morgan fingerprint density at radius 2 is 1.67 bits per heavy atom. The number of rotatable bonds is 3. The van der Waals surface area contributed by atoms with Crippen LogP contribution in [0.15, 0.2) is 36.4 Å². The highest BCUT2D eigenvalue weighted by molar-refractivity contribution is 5.80. The van der Waals surface area contributed by atoms with Crippen LogP contribution >= 0.6 is 0 Å². The zero-order chi connectivity index (χ0) is 13.1. The maximum absolute atomic E-state index is 9.48. The number of anilines is 1. The number of nitrogen functional groups attached to an aromatic ring is 1. The van der Waals surface area contributed by atoms with Crippen molar-refractivity contribution in [2.45, 2.75) is 6.42 Å². The lowest BCUT2D eigenvalue weighted by Crippen LogP contribution is -1.99. The van der Waals surface area contributed by atoms with E-state index in [1.54, 1.807) is 0 Å². The van der Waals surface area contributed by atoms with Crippen molar-refractivity contribution in [3.8, 4) is 22.6 Å². The van der Waals surface area contributed by atoms with Gasteiger partial charge in [0.15, 0.2) is 0 Å². The second kappa shape index (κ2) is 4.98. The Morgan fingerprint density at radius 1 is 1.00 bits per heavy atom. The molecule has 0 saturated heterocycles. The molecule has 0 amide bonds. The van der Waals surface area contributed by atoms with E-state index in [9.17, 15) is 10.2 Å². The van der Waals surface area contributed by atoms with Crippen LogP contribution in [-0.2, 0) is 6.42 Å². The first-order valence-electron chi connectivity index (χ1n) is 5.63. The smallest absolute Gasteiger partial charge is 0.119 e. The lowest BCUT2D eigenvalue weighted by Gasteiger charge is -2.11. The molecule has 0 saturated carbocycles. The molecule has 0 heterocycles. The Hall–Kier alpha value is -2.20. The first-order valence-corrected chi connectivity index (χ1v) is 5.63. The largest absolute Gasteiger partial charge is 0.508 e. The van der Waals surface area contributed by atoms with Gasteiger partial charge in [-0.05, 0) is 29.7 Å². The first kappa shape index (κ1) is 12.3. The van der Waals surface area contributed by atoms with E-state index in [2.05, 4.69) is 0 Å². The second-order valence-electron chi connectivity index (χ2n) is 4.09. The number of hydrogen-bond acceptors (Lipinski definition) is 4. The summed E-state index contributed by atoms with van der Waals surface area (Å²) in [6, 6.07) is 9.82. The van der Waals surface area contributed by atoms with Crippen molar-refractivity contribution in [1.29, 1.82) is 0 Å². The van der Waals surface area contributed by atoms with Crippen LogP contribution in [0.5, 0.6) is 11.5 Å². The number of aliphatic hydroxyl groups is 1. The standard InChI is InChI=1S/C14H15NO3/c15-14-9(4-5-16)2-1-3-13(14)10-6-11(17)8-12(18)7-10/h1-3,6-8,16-18H,4-5,15H2. The van der Waals surface area contributed by atoms with E-state index in [-0.39, 0.29) is 18.1 Å². The summed E-state index contributed by atoms with van der Waals surface area (Å²) in [4.78, 5) is 0. The highest BCUT2D eigenvalue weighted by atomic mass is 16.3. The molecule has 0 aliphatic rings. The summed E-state index contributed by atoms with van der Waals surface area (Å²) < 4.78 is 0. The molecule has 2 aromatic carbocycles. The molecule has 0 unspecified atom stereocenters. The first-order chi connectivity index (χ1) is 8.61. The number of aromatic hydroxyl groups is 2. The summed E-state index contributed by atoms with van der Waals surface area (Å²) in [5.41, 5.74) is 8.80. The number of aliphatic hydroxyl groups excluding tert-OH is 1. The van der Waals surface area contributed by atoms with Gasteiger partial charge in [-0.25, -0.2) is 0 Å². The van der Waals surface area contributed by atoms with Crippen molar-refractivity contribution < 1.29 is 15.3 Å². The molecular formula is C14H15NO3. The van der Waals surface area contributed by atoms with Crippen molar-refractivity contribution in [3.63, 3.8) is 0 Å². The average molecular weight is 245 g/mol. The molecule has 4 heteroatoms. The molecule has 4 nitrogen and oxygen atoms in total. The SMILES string of the molecule is Nc1c(CCO)cccc1-c1cc(O)cc(O)c1. The van der Waals surface area contributed by atoms with Gasteiger partial charge in [0, 0.05) is 23.9 Å². The maximum Gasteiger partial charge on any atom is 0.119 e. The van der Waals surface area contributed by atoms with Crippen molar-refractivity contribution in [2.75, 3.05) is 12.3 Å². The molecule has 0 atom stereocenters. The Morgan fingerprint density at radius 3 is 2.28 bits per heavy atom. The topological polar surface area (TPSA) is 86.7 Å². The number of phenolic OH excluding ortho intramolecular Hbond substituents is 2. The van der Waals surface area contributed by atoms with Gasteiger partial charge in [-0.2, -0.15) is 0 Å². The Bertz CT molecular complexity index is 547. The molecule has 2 rings (SSSR count). The third-order valence-corrected chi connectivity index (χ3v) is 2.79. The minimum absolute atomic E-state index is 0.0167. The highest BCUT2D eigenvalue weighted by Crippen LogP contribution is 2.33. The molecule has 94 valence electrons. The number of nitrogens with two attached hydrogens (primary N) is 1. The van der Waals surface area contributed by atoms with Crippen LogP contribution in [0.2, 0.25) is 0 Å². The van der Waals surface area contributed by atoms with Crippen LogP contribution in [0.25, 0.3) is 11.1 Å². The summed E-state index contributed by atoms with van der Waals surface area (Å²) in [5.74, 6) is -0.0334. The quantitative estimate of drug-likeness (QED) is 0.622. The van der Waals surface area contributed by atoms with Crippen LogP contribution in [0.4, 0.5) is 5.69 Å². The van der Waals surface area contributed by atoms with Crippen LogP contribution in [0.1, 0.15) is 5.56 Å². The summed E-state index contributed by atoms with van der Waals surface area (Å²) >= 11 is 0. The molecule has 0 bridgehead atoms. The highest BCUT2D eigenvalue weighted by Gasteiger charge is 2.08. The van der Waals surface area contributed by atoms with E-state index in [0.29, 0.717) is 17.7 Å². The van der Waals surface area contributed by atoms with E-state index >= 15 is 0 Å². The fourth-order valence-electron chi connectivity index (χ4n) is 1.95. The van der Waals surface area contributed by atoms with Gasteiger partial charge in [-0.1, -0.05) is 18.2 Å². The molecule has 0 aliphatic heterocycles. The zero-order valence-electron chi connectivity index (χ0n) is 9.80. The molecule has 0 fully saturated rings. The third kappa shape index (κ3) is 2.38. The van der Waals surface area contributed by atoms with Gasteiger partial charge in [-0.3, -0.25) is 0 Å². The Labute approximate surface area is 105 Å². The zero-order valence-corrected chi connectivity index (χ0v) is 9.80. The van der Waals surface area contributed by atoms with E-state index in [1.807, 2.05) is 18.2 Å². The van der Waals surface area contributed by atoms with Crippen molar-refractivity contribution >= 4 is 5.69 Å². The van der Waals surface area contributed by atoms with Crippen LogP contribution in [0, 0.1) is 0 Å².